The number of thiophene rings is 1. The van der Waals surface area contributed by atoms with E-state index in [4.69, 9.17) is 26.1 Å². The molecule has 6 nitrogen and oxygen atoms in total. The van der Waals surface area contributed by atoms with Crippen LogP contribution in [0.1, 0.15) is 16.6 Å². The Morgan fingerprint density at radius 2 is 2.10 bits per heavy atom. The summed E-state index contributed by atoms with van der Waals surface area (Å²) < 4.78 is 12.7. The van der Waals surface area contributed by atoms with Gasteiger partial charge in [-0.1, -0.05) is 29.0 Å². The highest BCUT2D eigenvalue weighted by Gasteiger charge is 2.24. The van der Waals surface area contributed by atoms with Crippen LogP contribution in [0.5, 0.6) is 5.75 Å². The molecule has 0 N–H and O–H groups in total. The zero-order chi connectivity index (χ0) is 20.2. The van der Waals surface area contributed by atoms with Crippen molar-refractivity contribution >= 4 is 55.5 Å². The number of aromatic nitrogens is 1. The van der Waals surface area contributed by atoms with Gasteiger partial charge in [-0.25, -0.2) is 4.98 Å². The second kappa shape index (κ2) is 9.40. The summed E-state index contributed by atoms with van der Waals surface area (Å²) in [7, 11) is 0. The number of fused-ring (bicyclic) bond motifs is 1. The molecule has 1 aromatic carbocycles. The SMILES string of the molecule is CCOc1cccc2sc(N(CCN3CCOCC3)C(=O)c3ccc(Cl)s3)nc12. The van der Waals surface area contributed by atoms with E-state index >= 15 is 0 Å². The molecule has 1 fully saturated rings. The maximum absolute atomic E-state index is 13.3. The number of rotatable bonds is 7. The third-order valence-corrected chi connectivity index (χ3v) is 6.94. The molecule has 9 heteroatoms. The van der Waals surface area contributed by atoms with Crippen molar-refractivity contribution in [2.75, 3.05) is 50.9 Å². The van der Waals surface area contributed by atoms with Gasteiger partial charge in [-0.05, 0) is 31.2 Å². The Morgan fingerprint density at radius 3 is 2.83 bits per heavy atom. The van der Waals surface area contributed by atoms with Crippen molar-refractivity contribution in [1.82, 2.24) is 9.88 Å². The normalized spacial score (nSPS) is 15.0. The lowest BCUT2D eigenvalue weighted by molar-refractivity contribution is 0.0391. The molecule has 1 aliphatic heterocycles. The molecule has 29 heavy (non-hydrogen) atoms. The number of carbonyl (C=O) groups excluding carboxylic acids is 1. The Morgan fingerprint density at radius 1 is 1.28 bits per heavy atom. The van der Waals surface area contributed by atoms with E-state index in [-0.39, 0.29) is 5.91 Å². The summed E-state index contributed by atoms with van der Waals surface area (Å²) in [6.45, 7) is 7.05. The van der Waals surface area contributed by atoms with Gasteiger partial charge in [0, 0.05) is 26.2 Å². The van der Waals surface area contributed by atoms with Crippen LogP contribution in [0.2, 0.25) is 4.34 Å². The molecule has 154 valence electrons. The number of para-hydroxylation sites is 1. The van der Waals surface area contributed by atoms with Crippen molar-refractivity contribution in [3.05, 3.63) is 39.5 Å². The van der Waals surface area contributed by atoms with Crippen LogP contribution < -0.4 is 9.64 Å². The first-order valence-corrected chi connectivity index (χ1v) is 11.6. The molecule has 0 unspecified atom stereocenters. The van der Waals surface area contributed by atoms with Crippen LogP contribution in [-0.4, -0.2) is 61.8 Å². The highest BCUT2D eigenvalue weighted by atomic mass is 35.5. The molecule has 0 atom stereocenters. The predicted molar refractivity (Wildman–Crippen MR) is 119 cm³/mol. The summed E-state index contributed by atoms with van der Waals surface area (Å²) in [6.07, 6.45) is 0. The third kappa shape index (κ3) is 4.73. The number of nitrogens with zero attached hydrogens (tertiary/aromatic N) is 3. The molecule has 2 aromatic heterocycles. The maximum atomic E-state index is 13.3. The van der Waals surface area contributed by atoms with E-state index in [1.807, 2.05) is 25.1 Å². The summed E-state index contributed by atoms with van der Waals surface area (Å²) in [5.41, 5.74) is 0.794. The highest BCUT2D eigenvalue weighted by molar-refractivity contribution is 7.22. The van der Waals surface area contributed by atoms with Crippen LogP contribution in [0.3, 0.4) is 0 Å². The quantitative estimate of drug-likeness (QED) is 0.533. The van der Waals surface area contributed by atoms with Gasteiger partial charge < -0.3 is 9.47 Å². The number of halogens is 1. The fourth-order valence-corrected chi connectivity index (χ4v) is 5.21. The highest BCUT2D eigenvalue weighted by Crippen LogP contribution is 2.35. The maximum Gasteiger partial charge on any atom is 0.270 e. The summed E-state index contributed by atoms with van der Waals surface area (Å²) in [5, 5.41) is 0.676. The van der Waals surface area contributed by atoms with Gasteiger partial charge in [-0.2, -0.15) is 0 Å². The summed E-state index contributed by atoms with van der Waals surface area (Å²) in [4.78, 5) is 22.7. The van der Waals surface area contributed by atoms with Crippen molar-refractivity contribution in [3.63, 3.8) is 0 Å². The van der Waals surface area contributed by atoms with E-state index in [0.717, 1.165) is 48.8 Å². The zero-order valence-electron chi connectivity index (χ0n) is 16.1. The van der Waals surface area contributed by atoms with Crippen LogP contribution >= 0.6 is 34.3 Å². The number of benzene rings is 1. The van der Waals surface area contributed by atoms with Gasteiger partial charge in [0.1, 0.15) is 11.3 Å². The van der Waals surface area contributed by atoms with E-state index in [0.29, 0.717) is 27.5 Å². The molecule has 0 saturated carbocycles. The van der Waals surface area contributed by atoms with Gasteiger partial charge in [0.25, 0.3) is 5.91 Å². The van der Waals surface area contributed by atoms with Crippen LogP contribution in [0, 0.1) is 0 Å². The van der Waals surface area contributed by atoms with E-state index < -0.39 is 0 Å². The van der Waals surface area contributed by atoms with Crippen LogP contribution in [-0.2, 0) is 4.74 Å². The first kappa shape index (κ1) is 20.6. The number of morpholine rings is 1. The molecular formula is C20H22ClN3O3S2. The molecule has 1 amide bonds. The van der Waals surface area contributed by atoms with E-state index in [1.54, 1.807) is 17.0 Å². The van der Waals surface area contributed by atoms with E-state index in [9.17, 15) is 4.79 Å². The Bertz CT molecular complexity index is 984. The first-order valence-electron chi connectivity index (χ1n) is 9.55. The molecule has 0 radical (unpaired) electrons. The Balaban J connectivity index is 1.64. The zero-order valence-corrected chi connectivity index (χ0v) is 18.5. The fourth-order valence-electron chi connectivity index (χ4n) is 3.21. The largest absolute Gasteiger partial charge is 0.492 e. The van der Waals surface area contributed by atoms with Gasteiger partial charge in [0.05, 0.1) is 33.7 Å². The monoisotopic (exact) mass is 451 g/mol. The number of carbonyl (C=O) groups is 1. The molecule has 1 saturated heterocycles. The Hall–Kier alpha value is -1.71. The Kier molecular flexibility index (Phi) is 6.67. The molecule has 4 rings (SSSR count). The number of amides is 1. The first-order chi connectivity index (χ1) is 14.2. The standard InChI is InChI=1S/C20H22ClN3O3S2/c1-2-27-14-4-3-5-15-18(14)22-20(29-15)24(9-8-23-10-12-26-13-11-23)19(25)16-6-7-17(21)28-16/h3-7H,2,8-13H2,1H3. The minimum atomic E-state index is -0.0767. The van der Waals surface area contributed by atoms with Crippen LogP contribution in [0.15, 0.2) is 30.3 Å². The number of thiazole rings is 1. The van der Waals surface area contributed by atoms with E-state index in [2.05, 4.69) is 4.90 Å². The van der Waals surface area contributed by atoms with Crippen LogP contribution in [0.4, 0.5) is 5.13 Å². The lowest BCUT2D eigenvalue weighted by Gasteiger charge is -2.29. The average Bonchev–Trinajstić information content (AvgIpc) is 3.36. The van der Waals surface area contributed by atoms with Crippen molar-refractivity contribution in [1.29, 1.82) is 0 Å². The molecule has 3 heterocycles. The number of hydrogen-bond donors (Lipinski definition) is 0. The van der Waals surface area contributed by atoms with Crippen molar-refractivity contribution in [2.24, 2.45) is 0 Å². The number of ether oxygens (including phenoxy) is 2. The summed E-state index contributed by atoms with van der Waals surface area (Å²) in [5.74, 6) is 0.666. The van der Waals surface area contributed by atoms with Crippen molar-refractivity contribution in [2.45, 2.75) is 6.92 Å². The molecular weight excluding hydrogens is 430 g/mol. The molecule has 0 bridgehead atoms. The van der Waals surface area contributed by atoms with Gasteiger partial charge >= 0.3 is 0 Å². The smallest absolute Gasteiger partial charge is 0.270 e. The minimum absolute atomic E-state index is 0.0767. The minimum Gasteiger partial charge on any atom is -0.492 e. The topological polar surface area (TPSA) is 54.9 Å². The fraction of sp³-hybridized carbons (Fsp3) is 0.400. The summed E-state index contributed by atoms with van der Waals surface area (Å²) >= 11 is 8.87. The Labute approximate surface area is 182 Å². The second-order valence-electron chi connectivity index (χ2n) is 6.55. The van der Waals surface area contributed by atoms with Gasteiger partial charge in [-0.15, -0.1) is 11.3 Å². The van der Waals surface area contributed by atoms with Crippen molar-refractivity contribution < 1.29 is 14.3 Å². The molecule has 0 aliphatic carbocycles. The average molecular weight is 452 g/mol. The lowest BCUT2D eigenvalue weighted by Crippen LogP contribution is -2.43. The van der Waals surface area contributed by atoms with Crippen molar-refractivity contribution in [3.8, 4) is 5.75 Å². The molecule has 3 aromatic rings. The van der Waals surface area contributed by atoms with Crippen LogP contribution in [0.25, 0.3) is 10.2 Å². The number of hydrogen-bond acceptors (Lipinski definition) is 7. The van der Waals surface area contributed by atoms with Gasteiger partial charge in [0.2, 0.25) is 0 Å². The molecule has 0 spiro atoms. The molecule has 1 aliphatic rings. The van der Waals surface area contributed by atoms with E-state index in [1.165, 1.54) is 22.7 Å². The number of anilines is 1. The third-order valence-electron chi connectivity index (χ3n) is 4.67. The predicted octanol–water partition coefficient (Wildman–Crippen LogP) is 4.39. The summed E-state index contributed by atoms with van der Waals surface area (Å²) in [6, 6.07) is 9.40. The second-order valence-corrected chi connectivity index (χ2v) is 9.27. The van der Waals surface area contributed by atoms with Gasteiger partial charge in [0.15, 0.2) is 5.13 Å². The van der Waals surface area contributed by atoms with Gasteiger partial charge in [-0.3, -0.25) is 14.6 Å². The lowest BCUT2D eigenvalue weighted by atomic mass is 10.3.